The Balaban J connectivity index is 0.000000331. The van der Waals surface area contributed by atoms with Crippen molar-refractivity contribution in [1.82, 2.24) is 0 Å². The normalized spacial score (nSPS) is 13.9. The van der Waals surface area contributed by atoms with Crippen LogP contribution in [0.4, 0.5) is 8.78 Å². The van der Waals surface area contributed by atoms with Crippen molar-refractivity contribution in [2.45, 2.75) is 41.7 Å². The van der Waals surface area contributed by atoms with E-state index in [1.807, 2.05) is 0 Å². The SMILES string of the molecule is CON=C[C@@H](F)[C@H](OC(=O)c1ccc(Cl)cc1)[C@@H](COC(=O)c1ccc(Cl)cc1)OS(=O)(=O)c1cc(Cl)c(Cl)cc1Cl.CON=C[C@@H](F)[C@H](OC(=O)c1ccc(Cl)cc1)[C@H](O)COC(=O)c1ccc(Cl)cc1. The summed E-state index contributed by atoms with van der Waals surface area (Å²) in [7, 11) is -2.57. The number of alkyl halides is 2. The van der Waals surface area contributed by atoms with E-state index in [0.29, 0.717) is 32.5 Å². The number of benzene rings is 5. The van der Waals surface area contributed by atoms with Crippen LogP contribution in [0.3, 0.4) is 0 Å². The maximum absolute atomic E-state index is 15.5. The van der Waals surface area contributed by atoms with Crippen LogP contribution in [0.2, 0.25) is 35.2 Å². The molecule has 0 aromatic heterocycles. The largest absolute Gasteiger partial charge is 0.459 e. The van der Waals surface area contributed by atoms with Gasteiger partial charge in [-0.2, -0.15) is 8.42 Å². The summed E-state index contributed by atoms with van der Waals surface area (Å²) in [5.74, 6) is -3.72. The predicted octanol–water partition coefficient (Wildman–Crippen LogP) is 10.8. The summed E-state index contributed by atoms with van der Waals surface area (Å²) in [6.07, 6.45) is -10.5. The van der Waals surface area contributed by atoms with Crippen LogP contribution in [0.25, 0.3) is 0 Å². The molecule has 5 aromatic rings. The van der Waals surface area contributed by atoms with Gasteiger partial charge < -0.3 is 33.7 Å². The molecule has 0 amide bonds. The van der Waals surface area contributed by atoms with Crippen LogP contribution in [0.5, 0.6) is 0 Å². The third-order valence-corrected chi connectivity index (χ3v) is 12.6. The Labute approximate surface area is 445 Å². The number of carbonyl (C=O) groups is 4. The maximum atomic E-state index is 15.5. The molecule has 0 aliphatic rings. The van der Waals surface area contributed by atoms with Gasteiger partial charge in [0.1, 0.15) is 38.4 Å². The van der Waals surface area contributed by atoms with Crippen molar-refractivity contribution in [3.8, 4) is 0 Å². The molecule has 0 aliphatic carbocycles. The summed E-state index contributed by atoms with van der Waals surface area (Å²) < 4.78 is 82.5. The first-order valence-electron chi connectivity index (χ1n) is 20.1. The van der Waals surface area contributed by atoms with E-state index in [2.05, 4.69) is 20.0 Å². The summed E-state index contributed by atoms with van der Waals surface area (Å²) in [5, 5.41) is 17.8. The Hall–Kier alpha value is -5.32. The van der Waals surface area contributed by atoms with Crippen LogP contribution in [-0.4, -0.2) is 114 Å². The van der Waals surface area contributed by atoms with Crippen LogP contribution in [-0.2, 0) is 42.9 Å². The fourth-order valence-corrected chi connectivity index (χ4v) is 8.06. The molecule has 0 saturated carbocycles. The predicted molar refractivity (Wildman–Crippen MR) is 265 cm³/mol. The van der Waals surface area contributed by atoms with Gasteiger partial charge >= 0.3 is 23.9 Å². The molecular weight excluding hydrogens is 1120 g/mol. The molecule has 0 saturated heterocycles. The maximum Gasteiger partial charge on any atom is 0.338 e. The first-order valence-corrected chi connectivity index (χ1v) is 24.1. The van der Waals surface area contributed by atoms with E-state index in [0.717, 1.165) is 19.2 Å². The van der Waals surface area contributed by atoms with E-state index >= 15 is 4.39 Å². The third kappa shape index (κ3) is 18.3. The molecule has 5 rings (SSSR count). The molecular formula is C46H37Cl7F2N2O14S. The number of nitrogens with zero attached hydrogens (tertiary/aromatic N) is 2. The number of hydrogen-bond donors (Lipinski definition) is 1. The number of aliphatic hydroxyl groups is 1. The molecule has 0 fully saturated rings. The van der Waals surface area contributed by atoms with Crippen molar-refractivity contribution >= 4 is 128 Å². The zero-order valence-electron chi connectivity index (χ0n) is 36.9. The number of ether oxygens (including phenoxy) is 4. The van der Waals surface area contributed by atoms with E-state index in [4.69, 9.17) is 104 Å². The summed E-state index contributed by atoms with van der Waals surface area (Å²) >= 11 is 41.2. The molecule has 0 heterocycles. The lowest BCUT2D eigenvalue weighted by Gasteiger charge is -2.27. The van der Waals surface area contributed by atoms with Gasteiger partial charge in [0.05, 0.1) is 49.8 Å². The quantitative estimate of drug-likeness (QED) is 0.0181. The van der Waals surface area contributed by atoms with Crippen molar-refractivity contribution in [3.05, 3.63) is 167 Å². The minimum absolute atomic E-state index is 0.0287. The standard InChI is InChI=1S/C26H19Cl5FNO8S.C20H18Cl2FNO6/c1-38-33-12-21(32)24(40-26(35)15-4-8-17(28)9-5-15)22(13-39-25(34)14-2-6-16(27)7-3-14)41-42(36,37)23-11-19(30)18(29)10-20(23)31;1-28-24-10-16(23)18(30-20(27)13-4-8-15(22)9-5-13)17(25)11-29-19(26)12-2-6-14(21)7-3-12/h2-12,21-22,24H,13H2,1H3;2-10,16-18,25H,11H2,1H3/t21-,22-,24+;16-,17-,18+/m11/s1. The molecule has 0 aliphatic heterocycles. The lowest BCUT2D eigenvalue weighted by molar-refractivity contribution is -0.0594. The molecule has 16 nitrogen and oxygen atoms in total. The van der Waals surface area contributed by atoms with Crippen LogP contribution in [0.1, 0.15) is 41.4 Å². The van der Waals surface area contributed by atoms with Crippen molar-refractivity contribution in [2.24, 2.45) is 10.3 Å². The van der Waals surface area contributed by atoms with Crippen LogP contribution < -0.4 is 0 Å². The second-order valence-electron chi connectivity index (χ2n) is 14.1. The number of oxime groups is 2. The lowest BCUT2D eigenvalue weighted by Crippen LogP contribution is -2.45. The summed E-state index contributed by atoms with van der Waals surface area (Å²) in [6, 6.07) is 24.3. The van der Waals surface area contributed by atoms with Gasteiger partial charge in [-0.1, -0.05) is 91.5 Å². The average molecular weight is 1160 g/mol. The number of rotatable bonds is 21. The molecule has 384 valence electrons. The molecule has 5 aromatic carbocycles. The highest BCUT2D eigenvalue weighted by atomic mass is 35.5. The van der Waals surface area contributed by atoms with Gasteiger partial charge in [-0.15, -0.1) is 0 Å². The van der Waals surface area contributed by atoms with Crippen molar-refractivity contribution in [2.75, 3.05) is 27.4 Å². The minimum atomic E-state index is -4.89. The number of carbonyl (C=O) groups excluding carboxylic acids is 4. The lowest BCUT2D eigenvalue weighted by atomic mass is 10.1. The Morgan fingerprint density at radius 1 is 0.542 bits per heavy atom. The van der Waals surface area contributed by atoms with Crippen molar-refractivity contribution in [3.63, 3.8) is 0 Å². The molecule has 6 atom stereocenters. The summed E-state index contributed by atoms with van der Waals surface area (Å²) in [5.41, 5.74) is 0.234. The van der Waals surface area contributed by atoms with Gasteiger partial charge in [0.15, 0.2) is 30.7 Å². The topological polar surface area (TPSA) is 212 Å². The highest BCUT2D eigenvalue weighted by molar-refractivity contribution is 7.87. The highest BCUT2D eigenvalue weighted by Gasteiger charge is 2.40. The van der Waals surface area contributed by atoms with Crippen LogP contribution in [0.15, 0.2) is 124 Å². The second-order valence-corrected chi connectivity index (χ2v) is 18.6. The fraction of sp³-hybridized carbons (Fsp3) is 0.217. The Kier molecular flexibility index (Phi) is 23.7. The van der Waals surface area contributed by atoms with E-state index in [-0.39, 0.29) is 37.3 Å². The fourth-order valence-electron chi connectivity index (χ4n) is 5.50. The average Bonchev–Trinajstić information content (AvgIpc) is 3.35. The Morgan fingerprint density at radius 2 is 0.889 bits per heavy atom. The van der Waals surface area contributed by atoms with E-state index in [1.54, 1.807) is 0 Å². The summed E-state index contributed by atoms with van der Waals surface area (Å²) in [4.78, 5) is 58.2. The second kappa shape index (κ2) is 28.8. The van der Waals surface area contributed by atoms with Gasteiger partial charge in [0, 0.05) is 20.1 Å². The molecule has 0 unspecified atom stereocenters. The smallest absolute Gasteiger partial charge is 0.338 e. The zero-order chi connectivity index (χ0) is 53.1. The van der Waals surface area contributed by atoms with Crippen LogP contribution >= 0.6 is 81.2 Å². The molecule has 26 heteroatoms. The Morgan fingerprint density at radius 3 is 1.29 bits per heavy atom. The molecule has 0 bridgehead atoms. The zero-order valence-corrected chi connectivity index (χ0v) is 43.0. The third-order valence-electron chi connectivity index (χ3n) is 9.05. The number of hydrogen-bond acceptors (Lipinski definition) is 16. The van der Waals surface area contributed by atoms with E-state index < -0.39 is 88.9 Å². The monoisotopic (exact) mass is 1160 g/mol. The van der Waals surface area contributed by atoms with E-state index in [1.165, 1.54) is 104 Å². The van der Waals surface area contributed by atoms with E-state index in [9.17, 15) is 37.1 Å². The molecule has 72 heavy (non-hydrogen) atoms. The van der Waals surface area contributed by atoms with Crippen molar-refractivity contribution in [1.29, 1.82) is 0 Å². The molecule has 1 N–H and O–H groups in total. The molecule has 0 radical (unpaired) electrons. The van der Waals surface area contributed by atoms with Gasteiger partial charge in [0.2, 0.25) is 0 Å². The van der Waals surface area contributed by atoms with Gasteiger partial charge in [-0.3, -0.25) is 4.18 Å². The first-order chi connectivity index (χ1) is 34.1. The Bertz CT molecular complexity index is 2800. The van der Waals surface area contributed by atoms with Gasteiger partial charge in [-0.25, -0.2) is 28.0 Å². The van der Waals surface area contributed by atoms with Gasteiger partial charge in [-0.05, 0) is 109 Å². The van der Waals surface area contributed by atoms with Gasteiger partial charge in [0.25, 0.3) is 10.1 Å². The van der Waals surface area contributed by atoms with Crippen molar-refractivity contribution < 1.29 is 74.3 Å². The summed E-state index contributed by atoms with van der Waals surface area (Å²) in [6.45, 7) is -1.57. The highest BCUT2D eigenvalue weighted by Crippen LogP contribution is 2.34. The first kappa shape index (κ1) is 59.2. The molecule has 0 spiro atoms. The number of esters is 4. The minimum Gasteiger partial charge on any atom is -0.459 e. The number of aliphatic hydroxyl groups excluding tert-OH is 1. The van der Waals surface area contributed by atoms with Crippen LogP contribution in [0, 0.1) is 0 Å². The number of halogens is 9.